The summed E-state index contributed by atoms with van der Waals surface area (Å²) in [6.45, 7) is 9.56. The van der Waals surface area contributed by atoms with Gasteiger partial charge in [0.25, 0.3) is 0 Å². The second kappa shape index (κ2) is 5.25. The SMILES string of the molecule is CC1CN(C(C)(CN)C2CCOC2)CCS1. The fourth-order valence-corrected chi connectivity index (χ4v) is 3.87. The number of ether oxygens (including phenoxy) is 1. The Labute approximate surface area is 103 Å². The molecular formula is C12H24N2OS. The van der Waals surface area contributed by atoms with Crippen LogP contribution in [0.25, 0.3) is 0 Å². The predicted molar refractivity (Wildman–Crippen MR) is 69.9 cm³/mol. The van der Waals surface area contributed by atoms with Crippen molar-refractivity contribution >= 4 is 11.8 Å². The molecule has 3 unspecified atom stereocenters. The molecule has 16 heavy (non-hydrogen) atoms. The number of nitrogens with two attached hydrogens (primary N) is 1. The summed E-state index contributed by atoms with van der Waals surface area (Å²) in [5, 5.41) is 0.738. The van der Waals surface area contributed by atoms with Gasteiger partial charge in [-0.2, -0.15) is 11.8 Å². The van der Waals surface area contributed by atoms with Gasteiger partial charge in [-0.05, 0) is 13.3 Å². The Kier molecular flexibility index (Phi) is 4.16. The highest BCUT2D eigenvalue weighted by Gasteiger charge is 2.41. The lowest BCUT2D eigenvalue weighted by Gasteiger charge is -2.47. The Balaban J connectivity index is 2.06. The van der Waals surface area contributed by atoms with Crippen molar-refractivity contribution in [2.75, 3.05) is 38.6 Å². The quantitative estimate of drug-likeness (QED) is 0.809. The van der Waals surface area contributed by atoms with Crippen LogP contribution >= 0.6 is 11.8 Å². The van der Waals surface area contributed by atoms with Crippen LogP contribution < -0.4 is 5.73 Å². The summed E-state index contributed by atoms with van der Waals surface area (Å²) in [6, 6.07) is 0. The molecule has 2 rings (SSSR count). The topological polar surface area (TPSA) is 38.5 Å². The van der Waals surface area contributed by atoms with Crippen molar-refractivity contribution in [3.8, 4) is 0 Å². The van der Waals surface area contributed by atoms with Crippen LogP contribution in [0.4, 0.5) is 0 Å². The van der Waals surface area contributed by atoms with Crippen LogP contribution in [0.5, 0.6) is 0 Å². The monoisotopic (exact) mass is 244 g/mol. The van der Waals surface area contributed by atoms with Crippen molar-refractivity contribution in [3.05, 3.63) is 0 Å². The zero-order chi connectivity index (χ0) is 11.6. The van der Waals surface area contributed by atoms with E-state index in [0.717, 1.165) is 25.0 Å². The van der Waals surface area contributed by atoms with Crippen molar-refractivity contribution in [1.82, 2.24) is 4.90 Å². The first kappa shape index (κ1) is 12.7. The van der Waals surface area contributed by atoms with Crippen molar-refractivity contribution in [3.63, 3.8) is 0 Å². The lowest BCUT2D eigenvalue weighted by atomic mass is 9.83. The van der Waals surface area contributed by atoms with E-state index in [4.69, 9.17) is 10.5 Å². The van der Waals surface area contributed by atoms with Crippen LogP contribution in [0.15, 0.2) is 0 Å². The van der Waals surface area contributed by atoms with E-state index in [1.807, 2.05) is 0 Å². The van der Waals surface area contributed by atoms with Gasteiger partial charge in [0, 0.05) is 48.7 Å². The minimum absolute atomic E-state index is 0.145. The van der Waals surface area contributed by atoms with Crippen LogP contribution in [-0.2, 0) is 4.74 Å². The highest BCUT2D eigenvalue weighted by molar-refractivity contribution is 7.99. The molecule has 3 nitrogen and oxygen atoms in total. The Morgan fingerprint density at radius 3 is 2.94 bits per heavy atom. The maximum atomic E-state index is 6.06. The lowest BCUT2D eigenvalue weighted by Crippen LogP contribution is -2.60. The molecule has 94 valence electrons. The zero-order valence-corrected chi connectivity index (χ0v) is 11.3. The van der Waals surface area contributed by atoms with Gasteiger partial charge in [-0.25, -0.2) is 0 Å². The Bertz CT molecular complexity index is 233. The van der Waals surface area contributed by atoms with E-state index in [-0.39, 0.29) is 5.54 Å². The van der Waals surface area contributed by atoms with Crippen molar-refractivity contribution in [2.45, 2.75) is 31.1 Å². The summed E-state index contributed by atoms with van der Waals surface area (Å²) in [7, 11) is 0. The van der Waals surface area contributed by atoms with Crippen molar-refractivity contribution < 1.29 is 4.74 Å². The van der Waals surface area contributed by atoms with E-state index in [9.17, 15) is 0 Å². The number of thioether (sulfide) groups is 1. The van der Waals surface area contributed by atoms with E-state index in [2.05, 4.69) is 30.5 Å². The minimum Gasteiger partial charge on any atom is -0.381 e. The summed E-state index contributed by atoms with van der Waals surface area (Å²) in [6.07, 6.45) is 1.17. The molecule has 2 saturated heterocycles. The van der Waals surface area contributed by atoms with Crippen LogP contribution in [0.1, 0.15) is 20.3 Å². The Hall–Kier alpha value is 0.230. The number of hydrogen-bond donors (Lipinski definition) is 1. The Morgan fingerprint density at radius 2 is 2.38 bits per heavy atom. The van der Waals surface area contributed by atoms with Crippen molar-refractivity contribution in [2.24, 2.45) is 11.7 Å². The average molecular weight is 244 g/mol. The van der Waals surface area contributed by atoms with Gasteiger partial charge in [-0.3, -0.25) is 4.90 Å². The first-order chi connectivity index (χ1) is 7.66. The average Bonchev–Trinajstić information content (AvgIpc) is 2.82. The fourth-order valence-electron chi connectivity index (χ4n) is 2.86. The molecule has 0 aromatic rings. The molecule has 4 heteroatoms. The molecule has 3 atom stereocenters. The predicted octanol–water partition coefficient (Wildman–Crippen LogP) is 1.18. The second-order valence-electron chi connectivity index (χ2n) is 5.25. The third-order valence-electron chi connectivity index (χ3n) is 4.19. The molecular weight excluding hydrogens is 220 g/mol. The fraction of sp³-hybridized carbons (Fsp3) is 1.00. The standard InChI is InChI=1S/C12H24N2OS/c1-10-7-14(4-6-16-10)12(2,9-13)11-3-5-15-8-11/h10-11H,3-9,13H2,1-2H3. The van der Waals surface area contributed by atoms with E-state index in [1.54, 1.807) is 0 Å². The zero-order valence-electron chi connectivity index (χ0n) is 10.4. The van der Waals surface area contributed by atoms with E-state index in [0.29, 0.717) is 5.92 Å². The molecule has 0 aromatic heterocycles. The summed E-state index contributed by atoms with van der Waals surface area (Å²) in [5.74, 6) is 1.86. The third-order valence-corrected chi connectivity index (χ3v) is 5.32. The molecule has 2 aliphatic rings. The van der Waals surface area contributed by atoms with Gasteiger partial charge in [-0.15, -0.1) is 0 Å². The molecule has 0 bridgehead atoms. The lowest BCUT2D eigenvalue weighted by molar-refractivity contribution is 0.0487. The number of rotatable bonds is 3. The molecule has 0 amide bonds. The molecule has 0 aliphatic carbocycles. The molecule has 0 aromatic carbocycles. The van der Waals surface area contributed by atoms with Crippen LogP contribution in [0, 0.1) is 5.92 Å². The highest BCUT2D eigenvalue weighted by Crippen LogP contribution is 2.33. The van der Waals surface area contributed by atoms with E-state index < -0.39 is 0 Å². The van der Waals surface area contributed by atoms with Gasteiger partial charge in [-0.1, -0.05) is 6.92 Å². The maximum absolute atomic E-state index is 6.06. The van der Waals surface area contributed by atoms with Gasteiger partial charge in [0.05, 0.1) is 6.61 Å². The number of hydrogen-bond acceptors (Lipinski definition) is 4. The Morgan fingerprint density at radius 1 is 1.56 bits per heavy atom. The summed E-state index contributed by atoms with van der Waals surface area (Å²) >= 11 is 2.08. The van der Waals surface area contributed by atoms with Gasteiger partial charge in [0.15, 0.2) is 0 Å². The van der Waals surface area contributed by atoms with E-state index >= 15 is 0 Å². The van der Waals surface area contributed by atoms with Crippen LogP contribution in [0.3, 0.4) is 0 Å². The normalized spacial score (nSPS) is 36.2. The molecule has 2 heterocycles. The number of nitrogens with zero attached hydrogens (tertiary/aromatic N) is 1. The molecule has 0 saturated carbocycles. The van der Waals surface area contributed by atoms with Crippen LogP contribution in [0.2, 0.25) is 0 Å². The van der Waals surface area contributed by atoms with Gasteiger partial charge in [0.2, 0.25) is 0 Å². The minimum atomic E-state index is 0.145. The smallest absolute Gasteiger partial charge is 0.0513 e. The summed E-state index contributed by atoms with van der Waals surface area (Å²) in [4.78, 5) is 2.60. The second-order valence-corrected chi connectivity index (χ2v) is 6.80. The maximum Gasteiger partial charge on any atom is 0.0513 e. The summed E-state index contributed by atoms with van der Waals surface area (Å²) < 4.78 is 5.54. The van der Waals surface area contributed by atoms with Gasteiger partial charge < -0.3 is 10.5 Å². The largest absolute Gasteiger partial charge is 0.381 e. The summed E-state index contributed by atoms with van der Waals surface area (Å²) in [5.41, 5.74) is 6.20. The van der Waals surface area contributed by atoms with Gasteiger partial charge >= 0.3 is 0 Å². The molecule has 2 aliphatic heterocycles. The van der Waals surface area contributed by atoms with Crippen LogP contribution in [-0.4, -0.2) is 54.3 Å². The third kappa shape index (κ3) is 2.40. The van der Waals surface area contributed by atoms with Gasteiger partial charge in [0.1, 0.15) is 0 Å². The molecule has 2 fully saturated rings. The molecule has 0 spiro atoms. The van der Waals surface area contributed by atoms with E-state index in [1.165, 1.54) is 25.3 Å². The molecule has 2 N–H and O–H groups in total. The first-order valence-electron chi connectivity index (χ1n) is 6.31. The molecule has 0 radical (unpaired) electrons. The van der Waals surface area contributed by atoms with Crippen molar-refractivity contribution in [1.29, 1.82) is 0 Å². The first-order valence-corrected chi connectivity index (χ1v) is 7.36. The highest BCUT2D eigenvalue weighted by atomic mass is 32.2.